The molecular weight excluding hydrogens is 234 g/mol. The summed E-state index contributed by atoms with van der Waals surface area (Å²) in [7, 11) is 0. The van der Waals surface area contributed by atoms with Crippen molar-refractivity contribution < 1.29 is 14.1 Å². The Bertz CT molecular complexity index is 367. The van der Waals surface area contributed by atoms with E-state index in [1.807, 2.05) is 0 Å². The number of amides is 1. The maximum atomic E-state index is 12.0. The summed E-state index contributed by atoms with van der Waals surface area (Å²) < 4.78 is 10.1. The molecule has 6 heteroatoms. The number of rotatable bonds is 6. The summed E-state index contributed by atoms with van der Waals surface area (Å²) in [5.74, 6) is -0.118. The molecular formula is C12H19N3O3. The monoisotopic (exact) mass is 253 g/mol. The van der Waals surface area contributed by atoms with Crippen molar-refractivity contribution in [2.24, 2.45) is 5.92 Å². The molecule has 0 aliphatic carbocycles. The lowest BCUT2D eigenvalue weighted by atomic mass is 10.0. The van der Waals surface area contributed by atoms with Gasteiger partial charge in [0.15, 0.2) is 0 Å². The fourth-order valence-corrected chi connectivity index (χ4v) is 1.98. The van der Waals surface area contributed by atoms with Crippen molar-refractivity contribution >= 4 is 5.91 Å². The van der Waals surface area contributed by atoms with Crippen molar-refractivity contribution in [3.63, 3.8) is 0 Å². The van der Waals surface area contributed by atoms with E-state index in [0.717, 1.165) is 18.7 Å². The molecule has 2 N–H and O–H groups in total. The van der Waals surface area contributed by atoms with Gasteiger partial charge in [0.2, 0.25) is 5.91 Å². The average molecular weight is 253 g/mol. The van der Waals surface area contributed by atoms with Crippen LogP contribution in [0.1, 0.15) is 19.0 Å². The van der Waals surface area contributed by atoms with Crippen LogP contribution in [0.5, 0.6) is 0 Å². The normalized spacial score (nSPS) is 23.2. The van der Waals surface area contributed by atoms with Crippen LogP contribution in [0.3, 0.4) is 0 Å². The van der Waals surface area contributed by atoms with Gasteiger partial charge in [-0.25, -0.2) is 0 Å². The van der Waals surface area contributed by atoms with Gasteiger partial charge < -0.3 is 19.9 Å². The zero-order chi connectivity index (χ0) is 12.8. The molecule has 0 saturated carbocycles. The van der Waals surface area contributed by atoms with E-state index in [-0.39, 0.29) is 17.9 Å². The van der Waals surface area contributed by atoms with Crippen LogP contribution in [0.15, 0.2) is 16.9 Å². The molecule has 1 aromatic heterocycles. The van der Waals surface area contributed by atoms with Gasteiger partial charge in [-0.2, -0.15) is 0 Å². The van der Waals surface area contributed by atoms with E-state index in [2.05, 4.69) is 22.7 Å². The predicted octanol–water partition coefficient (Wildman–Crippen LogP) is 0.305. The standard InChI is InChI=1S/C12H19N3O3/c1-2-4-13-11-8-17-7-10(11)12(16)14-6-9-3-5-18-15-9/h3,5,10-11,13H,2,4,6-8H2,1H3,(H,14,16). The fourth-order valence-electron chi connectivity index (χ4n) is 1.98. The van der Waals surface area contributed by atoms with Crippen molar-refractivity contribution in [2.45, 2.75) is 25.9 Å². The Morgan fingerprint density at radius 1 is 1.56 bits per heavy atom. The SMILES string of the molecule is CCCNC1COCC1C(=O)NCc1ccon1. The van der Waals surface area contributed by atoms with E-state index >= 15 is 0 Å². The first-order valence-electron chi connectivity index (χ1n) is 6.29. The minimum atomic E-state index is -0.122. The largest absolute Gasteiger partial charge is 0.379 e. The number of hydrogen-bond donors (Lipinski definition) is 2. The molecule has 2 unspecified atom stereocenters. The third-order valence-electron chi connectivity index (χ3n) is 3.01. The number of ether oxygens (including phenoxy) is 1. The molecule has 1 aromatic rings. The molecule has 2 rings (SSSR count). The lowest BCUT2D eigenvalue weighted by Gasteiger charge is -2.17. The van der Waals surface area contributed by atoms with Gasteiger partial charge in [0, 0.05) is 12.1 Å². The first-order valence-corrected chi connectivity index (χ1v) is 6.29. The Morgan fingerprint density at radius 3 is 3.17 bits per heavy atom. The van der Waals surface area contributed by atoms with Crippen molar-refractivity contribution in [1.82, 2.24) is 15.8 Å². The summed E-state index contributed by atoms with van der Waals surface area (Å²) in [5.41, 5.74) is 0.723. The van der Waals surface area contributed by atoms with Crippen LogP contribution in [0.2, 0.25) is 0 Å². The highest BCUT2D eigenvalue weighted by atomic mass is 16.5. The van der Waals surface area contributed by atoms with E-state index in [1.165, 1.54) is 6.26 Å². The molecule has 1 aliphatic heterocycles. The van der Waals surface area contributed by atoms with Gasteiger partial charge in [-0.3, -0.25) is 4.79 Å². The highest BCUT2D eigenvalue weighted by Gasteiger charge is 2.33. The van der Waals surface area contributed by atoms with E-state index in [4.69, 9.17) is 9.26 Å². The maximum absolute atomic E-state index is 12.0. The average Bonchev–Trinajstić information content (AvgIpc) is 3.04. The molecule has 18 heavy (non-hydrogen) atoms. The van der Waals surface area contributed by atoms with E-state index in [9.17, 15) is 4.79 Å². The summed E-state index contributed by atoms with van der Waals surface area (Å²) in [6.45, 7) is 4.48. The molecule has 0 bridgehead atoms. The van der Waals surface area contributed by atoms with Crippen molar-refractivity contribution in [3.8, 4) is 0 Å². The van der Waals surface area contributed by atoms with Crippen molar-refractivity contribution in [3.05, 3.63) is 18.0 Å². The van der Waals surface area contributed by atoms with Crippen LogP contribution in [-0.4, -0.2) is 36.9 Å². The molecule has 1 fully saturated rings. The first kappa shape index (κ1) is 13.0. The lowest BCUT2D eigenvalue weighted by molar-refractivity contribution is -0.125. The predicted molar refractivity (Wildman–Crippen MR) is 64.7 cm³/mol. The summed E-state index contributed by atoms with van der Waals surface area (Å²) in [6.07, 6.45) is 2.54. The Kier molecular flexibility index (Phi) is 4.72. The maximum Gasteiger partial charge on any atom is 0.227 e. The molecule has 2 atom stereocenters. The van der Waals surface area contributed by atoms with Gasteiger partial charge in [-0.1, -0.05) is 12.1 Å². The molecule has 0 spiro atoms. The van der Waals surface area contributed by atoms with Crippen LogP contribution >= 0.6 is 0 Å². The third kappa shape index (κ3) is 3.30. The zero-order valence-electron chi connectivity index (χ0n) is 10.5. The first-order chi connectivity index (χ1) is 8.81. The Morgan fingerprint density at radius 2 is 2.44 bits per heavy atom. The highest BCUT2D eigenvalue weighted by Crippen LogP contribution is 2.14. The van der Waals surface area contributed by atoms with Crippen molar-refractivity contribution in [2.75, 3.05) is 19.8 Å². The van der Waals surface area contributed by atoms with Crippen LogP contribution in [0.25, 0.3) is 0 Å². The van der Waals surface area contributed by atoms with Gasteiger partial charge in [-0.15, -0.1) is 0 Å². The van der Waals surface area contributed by atoms with Crippen LogP contribution in [-0.2, 0) is 16.1 Å². The zero-order valence-corrected chi connectivity index (χ0v) is 10.5. The van der Waals surface area contributed by atoms with Crippen LogP contribution in [0.4, 0.5) is 0 Å². The second kappa shape index (κ2) is 6.51. The summed E-state index contributed by atoms with van der Waals surface area (Å²) in [6, 6.07) is 1.85. The number of aromatic nitrogens is 1. The van der Waals surface area contributed by atoms with Gasteiger partial charge in [0.05, 0.1) is 25.7 Å². The molecule has 1 aliphatic rings. The Balaban J connectivity index is 1.80. The Labute approximate surface area is 106 Å². The molecule has 0 radical (unpaired) electrons. The van der Waals surface area contributed by atoms with Crippen LogP contribution in [0, 0.1) is 5.92 Å². The minimum absolute atomic E-state index is 0.00380. The highest BCUT2D eigenvalue weighted by molar-refractivity contribution is 5.79. The van der Waals surface area contributed by atoms with E-state index < -0.39 is 0 Å². The minimum Gasteiger partial charge on any atom is -0.379 e. The topological polar surface area (TPSA) is 76.4 Å². The molecule has 1 amide bonds. The van der Waals surface area contributed by atoms with Gasteiger partial charge in [-0.05, 0) is 13.0 Å². The number of hydrogen-bond acceptors (Lipinski definition) is 5. The Hall–Kier alpha value is -1.40. The molecule has 1 saturated heterocycles. The summed E-state index contributed by atoms with van der Waals surface area (Å²) in [5, 5.41) is 9.93. The quantitative estimate of drug-likeness (QED) is 0.763. The molecule has 100 valence electrons. The number of carbonyl (C=O) groups is 1. The second-order valence-corrected chi connectivity index (χ2v) is 4.41. The second-order valence-electron chi connectivity index (χ2n) is 4.41. The van der Waals surface area contributed by atoms with Crippen LogP contribution < -0.4 is 10.6 Å². The number of nitrogens with one attached hydrogen (secondary N) is 2. The number of carbonyl (C=O) groups excluding carboxylic acids is 1. The molecule has 2 heterocycles. The number of nitrogens with zero attached hydrogens (tertiary/aromatic N) is 1. The molecule has 0 aromatic carbocycles. The van der Waals surface area contributed by atoms with Gasteiger partial charge >= 0.3 is 0 Å². The van der Waals surface area contributed by atoms with E-state index in [1.54, 1.807) is 6.07 Å². The third-order valence-corrected chi connectivity index (χ3v) is 3.01. The fraction of sp³-hybridized carbons (Fsp3) is 0.667. The lowest BCUT2D eigenvalue weighted by Crippen LogP contribution is -2.44. The molecule has 6 nitrogen and oxygen atoms in total. The van der Waals surface area contributed by atoms with Gasteiger partial charge in [0.1, 0.15) is 12.0 Å². The van der Waals surface area contributed by atoms with Gasteiger partial charge in [0.25, 0.3) is 0 Å². The van der Waals surface area contributed by atoms with E-state index in [0.29, 0.717) is 19.8 Å². The van der Waals surface area contributed by atoms with Crippen molar-refractivity contribution in [1.29, 1.82) is 0 Å². The summed E-state index contributed by atoms with van der Waals surface area (Å²) in [4.78, 5) is 12.0. The summed E-state index contributed by atoms with van der Waals surface area (Å²) >= 11 is 0. The smallest absolute Gasteiger partial charge is 0.227 e.